The molecule has 0 radical (unpaired) electrons. The maximum absolute atomic E-state index is 6.97. The van der Waals surface area contributed by atoms with Crippen LogP contribution in [-0.4, -0.2) is 4.98 Å². The topological polar surface area (TPSA) is 42.4 Å². The van der Waals surface area contributed by atoms with Crippen molar-refractivity contribution in [2.24, 2.45) is 0 Å². The van der Waals surface area contributed by atoms with Crippen LogP contribution in [0.5, 0.6) is 0 Å². The lowest BCUT2D eigenvalue weighted by molar-refractivity contribution is 0.623. The van der Waals surface area contributed by atoms with Crippen molar-refractivity contribution >= 4 is 71.3 Å². The highest BCUT2D eigenvalue weighted by molar-refractivity contribution is 8.34. The van der Waals surface area contributed by atoms with Gasteiger partial charge in [0, 0.05) is 63.8 Å². The number of aromatic nitrogens is 1. The van der Waals surface area contributed by atoms with Gasteiger partial charge in [-0.3, -0.25) is 0 Å². The van der Waals surface area contributed by atoms with Crippen molar-refractivity contribution in [3.05, 3.63) is 253 Å². The molecule has 0 amide bonds. The fourth-order valence-electron chi connectivity index (χ4n) is 10.3. The Labute approximate surface area is 396 Å². The van der Waals surface area contributed by atoms with Crippen LogP contribution in [0.25, 0.3) is 72.5 Å². The molecule has 1 aliphatic carbocycles. The zero-order valence-electron chi connectivity index (χ0n) is 37.0. The van der Waals surface area contributed by atoms with Gasteiger partial charge in [0.15, 0.2) is 5.58 Å². The van der Waals surface area contributed by atoms with Crippen molar-refractivity contribution in [1.29, 1.82) is 0 Å². The summed E-state index contributed by atoms with van der Waals surface area (Å²) < 4.78 is 13.7. The fraction of sp³-hybridized carbons (Fsp3) is 0.0317. The van der Waals surface area contributed by atoms with E-state index in [-0.39, 0.29) is 0 Å². The van der Waals surface area contributed by atoms with Crippen molar-refractivity contribution in [2.75, 3.05) is 4.90 Å². The SMILES string of the molecule is c1cccc(-c2ccccc2N(C2=Cc3c(ccc4ccc5nc(-c6ccccc6)oc5c34)CC2)c2cccc(S(c3ccccc3)(c3ccccc3)c3cccc4c3oc3ccccc34)c2)c#1. The van der Waals surface area contributed by atoms with E-state index in [1.54, 1.807) is 0 Å². The van der Waals surface area contributed by atoms with Crippen LogP contribution in [0.15, 0.2) is 259 Å². The van der Waals surface area contributed by atoms with Crippen molar-refractivity contribution in [2.45, 2.75) is 32.4 Å². The summed E-state index contributed by atoms with van der Waals surface area (Å²) in [5, 5.41) is 4.42. The lowest BCUT2D eigenvalue weighted by Crippen LogP contribution is -2.20. The minimum atomic E-state index is -2.21. The molecule has 12 aromatic rings. The fourth-order valence-corrected chi connectivity index (χ4v) is 14.3. The van der Waals surface area contributed by atoms with Crippen molar-refractivity contribution in [3.8, 4) is 22.6 Å². The Balaban J connectivity index is 1.08. The summed E-state index contributed by atoms with van der Waals surface area (Å²) in [6, 6.07) is 86.8. The Kier molecular flexibility index (Phi) is 9.59. The lowest BCUT2D eigenvalue weighted by atomic mass is 9.89. The Bertz CT molecular complexity index is 3820. The van der Waals surface area contributed by atoms with E-state index in [1.165, 1.54) is 25.9 Å². The molecule has 0 saturated carbocycles. The number of nitrogens with zero attached hydrogens (tertiary/aromatic N) is 2. The second-order valence-corrected chi connectivity index (χ2v) is 20.3. The smallest absolute Gasteiger partial charge is 0.227 e. The molecule has 2 aromatic heterocycles. The van der Waals surface area contributed by atoms with E-state index in [0.717, 1.165) is 95.2 Å². The van der Waals surface area contributed by atoms with Gasteiger partial charge in [0.05, 0.1) is 5.69 Å². The number of rotatable bonds is 9. The highest BCUT2D eigenvalue weighted by atomic mass is 32.3. The molecular weight excluding hydrogens is 849 g/mol. The van der Waals surface area contributed by atoms with Crippen LogP contribution < -0.4 is 4.90 Å². The second-order valence-electron chi connectivity index (χ2n) is 17.2. The number of fused-ring (bicyclic) bond motifs is 8. The predicted molar refractivity (Wildman–Crippen MR) is 279 cm³/mol. The quantitative estimate of drug-likeness (QED) is 0.145. The van der Waals surface area contributed by atoms with Gasteiger partial charge in [-0.2, -0.15) is 0 Å². The Morgan fingerprint density at radius 1 is 0.544 bits per heavy atom. The average Bonchev–Trinajstić information content (AvgIpc) is 4.03. The number of oxazole rings is 1. The first kappa shape index (κ1) is 39.8. The minimum Gasteiger partial charge on any atom is -0.455 e. The monoisotopic (exact) mass is 890 g/mol. The third kappa shape index (κ3) is 6.45. The molecule has 0 aliphatic heterocycles. The lowest BCUT2D eigenvalue weighted by Gasteiger charge is -2.42. The van der Waals surface area contributed by atoms with Gasteiger partial charge in [-0.1, -0.05) is 146 Å². The van der Waals surface area contributed by atoms with Gasteiger partial charge < -0.3 is 13.7 Å². The molecule has 322 valence electrons. The molecule has 0 spiro atoms. The van der Waals surface area contributed by atoms with Gasteiger partial charge in [0.25, 0.3) is 0 Å². The van der Waals surface area contributed by atoms with Crippen molar-refractivity contribution in [1.82, 2.24) is 4.98 Å². The van der Waals surface area contributed by atoms with Gasteiger partial charge in [0.1, 0.15) is 16.7 Å². The highest BCUT2D eigenvalue weighted by Crippen LogP contribution is 2.75. The first-order valence-corrected chi connectivity index (χ1v) is 24.7. The molecule has 1 aliphatic rings. The zero-order chi connectivity index (χ0) is 45.0. The molecule has 13 rings (SSSR count). The van der Waals surface area contributed by atoms with E-state index < -0.39 is 10.0 Å². The van der Waals surface area contributed by atoms with Gasteiger partial charge in [-0.15, -0.1) is 10.0 Å². The molecule has 0 saturated heterocycles. The summed E-state index contributed by atoms with van der Waals surface area (Å²) in [7, 11) is -2.21. The Morgan fingerprint density at radius 3 is 2.06 bits per heavy atom. The summed E-state index contributed by atoms with van der Waals surface area (Å²) in [5.74, 6) is 0.621. The van der Waals surface area contributed by atoms with Crippen LogP contribution in [0.4, 0.5) is 11.4 Å². The standard InChI is InChI=1S/C63H42N2O2S/c1-5-19-43(20-6-1)52-29-13-15-32-57(52)65(48-39-37-44-35-36-45-38-40-56-62(60(45)55(44)42-48)67-63(64-56)46-21-7-2-8-22-46)47-23-17-28-51(41-47)68(49-24-9-3-10-25-49,50-26-11-4-12-27-50)59-34-18-31-54-53-30-14-16-33-58(53)66-61(54)59/h1-5,7-19,21-36,38,40-42H,37,39H2. The van der Waals surface area contributed by atoms with Crippen LogP contribution >= 0.6 is 10.0 Å². The molecule has 4 nitrogen and oxygen atoms in total. The van der Waals surface area contributed by atoms with E-state index >= 15 is 0 Å². The average molecular weight is 891 g/mol. The van der Waals surface area contributed by atoms with E-state index in [9.17, 15) is 0 Å². The normalized spacial score (nSPS) is 12.8. The largest absolute Gasteiger partial charge is 0.455 e. The number of furan rings is 1. The third-order valence-corrected chi connectivity index (χ3v) is 17.2. The summed E-state index contributed by atoms with van der Waals surface area (Å²) >= 11 is 0. The van der Waals surface area contributed by atoms with Gasteiger partial charge in [-0.25, -0.2) is 4.98 Å². The molecule has 10 aromatic carbocycles. The van der Waals surface area contributed by atoms with Crippen LogP contribution in [0.2, 0.25) is 0 Å². The molecule has 0 bridgehead atoms. The first-order chi connectivity index (χ1) is 33.7. The van der Waals surface area contributed by atoms with E-state index in [4.69, 9.17) is 13.8 Å². The summed E-state index contributed by atoms with van der Waals surface area (Å²) in [6.45, 7) is 0. The molecule has 0 N–H and O–H groups in total. The predicted octanol–water partition coefficient (Wildman–Crippen LogP) is 17.3. The third-order valence-electron chi connectivity index (χ3n) is 13.3. The number of para-hydroxylation sites is 3. The minimum absolute atomic E-state index is 0.621. The molecule has 0 fully saturated rings. The van der Waals surface area contributed by atoms with Crippen molar-refractivity contribution < 1.29 is 8.83 Å². The molecule has 0 atom stereocenters. The second kappa shape index (κ2) is 16.4. The van der Waals surface area contributed by atoms with Gasteiger partial charge >= 0.3 is 0 Å². The summed E-state index contributed by atoms with van der Waals surface area (Å²) in [6.07, 6.45) is 4.07. The van der Waals surface area contributed by atoms with E-state index in [0.29, 0.717) is 5.89 Å². The van der Waals surface area contributed by atoms with Gasteiger partial charge in [0.2, 0.25) is 5.89 Å². The number of benzene rings is 9. The number of allylic oxidation sites excluding steroid dienone is 1. The number of aryl methyl sites for hydroxylation is 1. The Hall–Kier alpha value is -8.56. The van der Waals surface area contributed by atoms with Crippen LogP contribution in [-0.2, 0) is 6.42 Å². The number of anilines is 2. The van der Waals surface area contributed by atoms with Crippen LogP contribution in [0.3, 0.4) is 0 Å². The first-order valence-electron chi connectivity index (χ1n) is 23.1. The maximum atomic E-state index is 6.97. The van der Waals surface area contributed by atoms with E-state index in [1.807, 2.05) is 30.3 Å². The maximum Gasteiger partial charge on any atom is 0.227 e. The van der Waals surface area contributed by atoms with Crippen LogP contribution in [0.1, 0.15) is 17.5 Å². The van der Waals surface area contributed by atoms with Crippen molar-refractivity contribution in [3.63, 3.8) is 0 Å². The van der Waals surface area contributed by atoms with E-state index in [2.05, 4.69) is 217 Å². The molecular formula is C63H42N2O2S. The molecule has 5 heteroatoms. The molecule has 0 unspecified atom stereocenters. The van der Waals surface area contributed by atoms with Crippen LogP contribution in [0, 0.1) is 12.1 Å². The number of hydrogen-bond acceptors (Lipinski definition) is 4. The highest BCUT2D eigenvalue weighted by Gasteiger charge is 2.37. The molecule has 2 heterocycles. The number of hydrogen-bond donors (Lipinski definition) is 0. The summed E-state index contributed by atoms with van der Waals surface area (Å²) in [4.78, 5) is 12.3. The van der Waals surface area contributed by atoms with Gasteiger partial charge in [-0.05, 0) is 126 Å². The Morgan fingerprint density at radius 2 is 1.25 bits per heavy atom. The summed E-state index contributed by atoms with van der Waals surface area (Å²) in [5.41, 5.74) is 12.2. The zero-order valence-corrected chi connectivity index (χ0v) is 37.8. The molecule has 68 heavy (non-hydrogen) atoms.